The Kier molecular flexibility index (Phi) is 6.39. The summed E-state index contributed by atoms with van der Waals surface area (Å²) in [7, 11) is 0. The normalized spacial score (nSPS) is 14.4. The summed E-state index contributed by atoms with van der Waals surface area (Å²) in [6, 6.07) is 5.84. The highest BCUT2D eigenvalue weighted by Gasteiger charge is 2.19. The largest absolute Gasteiger partial charge is 0.493 e. The van der Waals surface area contributed by atoms with Gasteiger partial charge in [0, 0.05) is 22.9 Å². The minimum atomic E-state index is -0.882. The summed E-state index contributed by atoms with van der Waals surface area (Å²) < 4.78 is 7.77. The predicted octanol–water partition coefficient (Wildman–Crippen LogP) is 3.75. The van der Waals surface area contributed by atoms with Crippen LogP contribution in [0.3, 0.4) is 0 Å². The summed E-state index contributed by atoms with van der Waals surface area (Å²) in [4.78, 5) is 16.6. The number of aromatic nitrogens is 2. The number of nitrogens with zero attached hydrogens (tertiary/aromatic N) is 2. The molecule has 0 saturated heterocycles. The number of hydrogen-bond donors (Lipinski definition) is 2. The molecule has 29 heavy (non-hydrogen) atoms. The molecule has 0 unspecified atom stereocenters. The van der Waals surface area contributed by atoms with E-state index in [4.69, 9.17) is 14.7 Å². The van der Waals surface area contributed by atoms with Gasteiger partial charge in [-0.1, -0.05) is 19.9 Å². The molecule has 1 aliphatic heterocycles. The quantitative estimate of drug-likeness (QED) is 0.740. The summed E-state index contributed by atoms with van der Waals surface area (Å²) in [5, 5.41) is 13.3. The fraction of sp³-hybridized carbons (Fsp3) is 0.364. The molecule has 7 nitrogen and oxygen atoms in total. The highest BCUT2D eigenvalue weighted by atomic mass is 16.6. The zero-order valence-corrected chi connectivity index (χ0v) is 17.2. The van der Waals surface area contributed by atoms with Gasteiger partial charge in [-0.3, -0.25) is 4.79 Å². The van der Waals surface area contributed by atoms with Crippen LogP contribution in [0.5, 0.6) is 5.75 Å². The fourth-order valence-electron chi connectivity index (χ4n) is 3.18. The predicted molar refractivity (Wildman–Crippen MR) is 111 cm³/mol. The number of carboxylic acid groups (broad SMARTS) is 1. The van der Waals surface area contributed by atoms with Gasteiger partial charge in [0.15, 0.2) is 0 Å². The molecular weight excluding hydrogens is 370 g/mol. The smallest absolute Gasteiger partial charge is 0.307 e. The van der Waals surface area contributed by atoms with E-state index < -0.39 is 5.97 Å². The van der Waals surface area contributed by atoms with E-state index >= 15 is 0 Å². The van der Waals surface area contributed by atoms with Crippen LogP contribution >= 0.6 is 0 Å². The molecule has 0 spiro atoms. The number of aliphatic carboxylic acids is 1. The molecule has 1 aliphatic rings. The topological polar surface area (TPSA) is 85.6 Å². The van der Waals surface area contributed by atoms with E-state index in [1.165, 1.54) is 0 Å². The number of hydroxylamine groups is 1. The minimum absolute atomic E-state index is 0.0615. The molecule has 0 aliphatic carbocycles. The molecule has 0 atom stereocenters. The van der Waals surface area contributed by atoms with E-state index in [0.29, 0.717) is 24.6 Å². The molecule has 0 amide bonds. The van der Waals surface area contributed by atoms with Crippen LogP contribution in [0.15, 0.2) is 48.0 Å². The molecule has 7 heteroatoms. The lowest BCUT2D eigenvalue weighted by atomic mass is 9.96. The van der Waals surface area contributed by atoms with Crippen LogP contribution in [0.25, 0.3) is 11.3 Å². The molecule has 1 aromatic carbocycles. The maximum Gasteiger partial charge on any atom is 0.307 e. The third-order valence-electron chi connectivity index (χ3n) is 4.52. The summed E-state index contributed by atoms with van der Waals surface area (Å²) in [5.74, 6) is 1.04. The number of allylic oxidation sites excluding steroid dienone is 3. The van der Waals surface area contributed by atoms with E-state index in [1.54, 1.807) is 17.1 Å². The van der Waals surface area contributed by atoms with Gasteiger partial charge in [-0.2, -0.15) is 10.6 Å². The van der Waals surface area contributed by atoms with Crippen LogP contribution in [0.2, 0.25) is 0 Å². The SMILES string of the molecule is CC1=CCNOC(C)=C1c1cc(-n2cc(CC(=O)O)cn2)ccc1OCC(C)C. The van der Waals surface area contributed by atoms with Crippen molar-refractivity contribution in [1.82, 2.24) is 15.3 Å². The highest BCUT2D eigenvalue weighted by Crippen LogP contribution is 2.36. The zero-order valence-electron chi connectivity index (χ0n) is 17.2. The number of hydrogen-bond acceptors (Lipinski definition) is 5. The molecule has 2 aromatic rings. The van der Waals surface area contributed by atoms with Crippen molar-refractivity contribution < 1.29 is 19.5 Å². The van der Waals surface area contributed by atoms with Gasteiger partial charge in [0.2, 0.25) is 0 Å². The molecule has 3 rings (SSSR count). The Hall–Kier alpha value is -3.06. The number of carbonyl (C=O) groups is 1. The van der Waals surface area contributed by atoms with Crippen LogP contribution in [-0.2, 0) is 16.1 Å². The first-order valence-electron chi connectivity index (χ1n) is 9.65. The molecule has 1 aromatic heterocycles. The maximum atomic E-state index is 11.0. The Balaban J connectivity index is 2.06. The van der Waals surface area contributed by atoms with Crippen molar-refractivity contribution in [2.45, 2.75) is 34.1 Å². The standard InChI is InChI=1S/C22H27N3O4/c1-14(2)13-28-20-6-5-18(25-12-17(11-23-25)9-21(26)27)10-19(20)22-15(3)7-8-24-29-16(22)4/h5-7,10-12,14,24H,8-9,13H2,1-4H3,(H,26,27). The Labute approximate surface area is 170 Å². The monoisotopic (exact) mass is 397 g/mol. The van der Waals surface area contributed by atoms with E-state index in [1.807, 2.05) is 32.0 Å². The van der Waals surface area contributed by atoms with Crippen molar-refractivity contribution in [3.63, 3.8) is 0 Å². The van der Waals surface area contributed by atoms with Crippen LogP contribution < -0.4 is 10.2 Å². The van der Waals surface area contributed by atoms with E-state index in [2.05, 4.69) is 30.5 Å². The van der Waals surface area contributed by atoms with Gasteiger partial charge >= 0.3 is 5.97 Å². The third-order valence-corrected chi connectivity index (χ3v) is 4.52. The summed E-state index contributed by atoms with van der Waals surface area (Å²) in [5.41, 5.74) is 7.35. The lowest BCUT2D eigenvalue weighted by molar-refractivity contribution is -0.136. The summed E-state index contributed by atoms with van der Waals surface area (Å²) in [6.07, 6.45) is 5.32. The van der Waals surface area contributed by atoms with Crippen molar-refractivity contribution in [1.29, 1.82) is 0 Å². The lowest BCUT2D eigenvalue weighted by Gasteiger charge is -2.18. The van der Waals surface area contributed by atoms with Gasteiger partial charge in [-0.25, -0.2) is 4.68 Å². The minimum Gasteiger partial charge on any atom is -0.493 e. The maximum absolute atomic E-state index is 11.0. The first-order valence-corrected chi connectivity index (χ1v) is 9.65. The van der Waals surface area contributed by atoms with Crippen LogP contribution in [-0.4, -0.2) is 34.0 Å². The van der Waals surface area contributed by atoms with Crippen molar-refractivity contribution in [2.75, 3.05) is 13.2 Å². The number of rotatable bonds is 7. The second-order valence-electron chi connectivity index (χ2n) is 7.52. The molecule has 154 valence electrons. The Bertz CT molecular complexity index is 957. The Morgan fingerprint density at radius 2 is 2.17 bits per heavy atom. The van der Waals surface area contributed by atoms with E-state index in [-0.39, 0.29) is 6.42 Å². The summed E-state index contributed by atoms with van der Waals surface area (Å²) >= 11 is 0. The highest BCUT2D eigenvalue weighted by molar-refractivity contribution is 5.84. The molecule has 2 heterocycles. The Morgan fingerprint density at radius 3 is 2.90 bits per heavy atom. The van der Waals surface area contributed by atoms with Crippen LogP contribution in [0, 0.1) is 5.92 Å². The first-order chi connectivity index (χ1) is 13.8. The first kappa shape index (κ1) is 20.7. The van der Waals surface area contributed by atoms with Gasteiger partial charge in [0.25, 0.3) is 0 Å². The second-order valence-corrected chi connectivity index (χ2v) is 7.52. The van der Waals surface area contributed by atoms with Crippen molar-refractivity contribution >= 4 is 11.5 Å². The van der Waals surface area contributed by atoms with Crippen molar-refractivity contribution in [2.24, 2.45) is 5.92 Å². The number of carboxylic acids is 1. The van der Waals surface area contributed by atoms with Gasteiger partial charge in [-0.15, -0.1) is 0 Å². The Morgan fingerprint density at radius 1 is 1.38 bits per heavy atom. The number of ether oxygens (including phenoxy) is 1. The van der Waals surface area contributed by atoms with Crippen molar-refractivity contribution in [3.8, 4) is 11.4 Å². The molecule has 0 bridgehead atoms. The lowest BCUT2D eigenvalue weighted by Crippen LogP contribution is -2.11. The van der Waals surface area contributed by atoms with Crippen LogP contribution in [0.1, 0.15) is 38.8 Å². The average Bonchev–Trinajstić information content (AvgIpc) is 3.04. The number of benzene rings is 1. The summed E-state index contributed by atoms with van der Waals surface area (Å²) in [6.45, 7) is 9.40. The van der Waals surface area contributed by atoms with Gasteiger partial charge in [-0.05, 0) is 43.5 Å². The molecule has 0 fully saturated rings. The molecule has 0 saturated carbocycles. The molecule has 0 radical (unpaired) electrons. The van der Waals surface area contributed by atoms with E-state index in [9.17, 15) is 4.79 Å². The fourth-order valence-corrected chi connectivity index (χ4v) is 3.18. The molecular formula is C22H27N3O4. The van der Waals surface area contributed by atoms with Gasteiger partial charge < -0.3 is 14.7 Å². The van der Waals surface area contributed by atoms with Crippen molar-refractivity contribution in [3.05, 3.63) is 59.1 Å². The zero-order chi connectivity index (χ0) is 21.0. The van der Waals surface area contributed by atoms with Gasteiger partial charge in [0.05, 0.1) is 31.5 Å². The number of nitrogens with one attached hydrogen (secondary N) is 1. The van der Waals surface area contributed by atoms with Crippen LogP contribution in [0.4, 0.5) is 0 Å². The average molecular weight is 397 g/mol. The van der Waals surface area contributed by atoms with Gasteiger partial charge in [0.1, 0.15) is 11.5 Å². The second kappa shape index (κ2) is 8.96. The molecule has 2 N–H and O–H groups in total. The third kappa shape index (κ3) is 5.06. The van der Waals surface area contributed by atoms with E-state index in [0.717, 1.165) is 33.9 Å².